The second-order valence-corrected chi connectivity index (χ2v) is 4.82. The van der Waals surface area contributed by atoms with Crippen LogP contribution in [-0.4, -0.2) is 23.1 Å². The number of aryl methyl sites for hydroxylation is 1. The Morgan fingerprint density at radius 2 is 1.94 bits per heavy atom. The highest BCUT2D eigenvalue weighted by molar-refractivity contribution is 6.30. The Kier molecular flexibility index (Phi) is 4.04. The van der Waals surface area contributed by atoms with Crippen molar-refractivity contribution >= 4 is 11.6 Å². The molecule has 1 aromatic heterocycles. The fraction of sp³-hybridized carbons (Fsp3) is 0.357. The van der Waals surface area contributed by atoms with Crippen molar-refractivity contribution in [3.05, 3.63) is 40.8 Å². The first-order chi connectivity index (χ1) is 8.63. The number of hydrogen-bond acceptors (Lipinski definition) is 2. The molecule has 0 radical (unpaired) electrons. The van der Waals surface area contributed by atoms with Crippen LogP contribution in [0.25, 0.3) is 11.3 Å². The van der Waals surface area contributed by atoms with Crippen molar-refractivity contribution in [2.24, 2.45) is 7.05 Å². The molecule has 0 aliphatic heterocycles. The summed E-state index contributed by atoms with van der Waals surface area (Å²) in [4.78, 5) is 4.64. The quantitative estimate of drug-likeness (QED) is 0.919. The molecule has 0 aliphatic rings. The Labute approximate surface area is 113 Å². The molecule has 3 nitrogen and oxygen atoms in total. The Hall–Kier alpha value is -1.32. The van der Waals surface area contributed by atoms with Crippen molar-refractivity contribution in [3.63, 3.8) is 0 Å². The number of hydrogen-bond donors (Lipinski definition) is 1. The average Bonchev–Trinajstić information content (AvgIpc) is 2.63. The van der Waals surface area contributed by atoms with E-state index >= 15 is 0 Å². The number of halogens is 1. The predicted molar refractivity (Wildman–Crippen MR) is 76.0 cm³/mol. The number of aromatic nitrogens is 2. The molecule has 0 atom stereocenters. The normalized spacial score (nSPS) is 10.9. The fourth-order valence-electron chi connectivity index (χ4n) is 2.16. The van der Waals surface area contributed by atoms with Crippen LogP contribution in [0.3, 0.4) is 0 Å². The number of nitrogens with zero attached hydrogens (tertiary/aromatic N) is 2. The lowest BCUT2D eigenvalue weighted by Crippen LogP contribution is -2.13. The first kappa shape index (κ1) is 13.1. The minimum absolute atomic E-state index is 0.758. The van der Waals surface area contributed by atoms with Gasteiger partial charge in [-0.25, -0.2) is 4.98 Å². The van der Waals surface area contributed by atoms with E-state index in [-0.39, 0.29) is 0 Å². The highest BCUT2D eigenvalue weighted by Crippen LogP contribution is 2.25. The Balaban J connectivity index is 2.38. The van der Waals surface area contributed by atoms with Gasteiger partial charge in [0.1, 0.15) is 5.82 Å². The summed E-state index contributed by atoms with van der Waals surface area (Å²) < 4.78 is 2.16. The van der Waals surface area contributed by atoms with Crippen molar-refractivity contribution in [2.75, 3.05) is 13.6 Å². The van der Waals surface area contributed by atoms with Crippen molar-refractivity contribution in [1.29, 1.82) is 0 Å². The first-order valence-corrected chi connectivity index (χ1v) is 6.44. The van der Waals surface area contributed by atoms with Crippen molar-refractivity contribution in [2.45, 2.75) is 13.3 Å². The van der Waals surface area contributed by atoms with Crippen molar-refractivity contribution < 1.29 is 0 Å². The van der Waals surface area contributed by atoms with Crippen LogP contribution < -0.4 is 5.32 Å². The van der Waals surface area contributed by atoms with E-state index < -0.39 is 0 Å². The van der Waals surface area contributed by atoms with Crippen LogP contribution in [0.5, 0.6) is 0 Å². The minimum atomic E-state index is 0.758. The summed E-state index contributed by atoms with van der Waals surface area (Å²) in [5.41, 5.74) is 3.38. The first-order valence-electron chi connectivity index (χ1n) is 6.06. The molecule has 2 rings (SSSR count). The summed E-state index contributed by atoms with van der Waals surface area (Å²) in [6, 6.07) is 7.90. The van der Waals surface area contributed by atoms with Gasteiger partial charge in [0.05, 0.1) is 11.4 Å². The van der Waals surface area contributed by atoms with E-state index in [0.717, 1.165) is 40.8 Å². The van der Waals surface area contributed by atoms with Gasteiger partial charge >= 0.3 is 0 Å². The summed E-state index contributed by atoms with van der Waals surface area (Å²) >= 11 is 5.92. The Morgan fingerprint density at radius 3 is 2.56 bits per heavy atom. The minimum Gasteiger partial charge on any atom is -0.331 e. The Morgan fingerprint density at radius 1 is 1.28 bits per heavy atom. The summed E-state index contributed by atoms with van der Waals surface area (Å²) in [5.74, 6) is 1.10. The molecule has 96 valence electrons. The zero-order valence-electron chi connectivity index (χ0n) is 11.0. The molecule has 2 aromatic rings. The maximum Gasteiger partial charge on any atom is 0.110 e. The lowest BCUT2D eigenvalue weighted by Gasteiger charge is -2.07. The van der Waals surface area contributed by atoms with E-state index in [1.165, 1.54) is 0 Å². The highest BCUT2D eigenvalue weighted by atomic mass is 35.5. The van der Waals surface area contributed by atoms with Crippen LogP contribution in [0.15, 0.2) is 24.3 Å². The van der Waals surface area contributed by atoms with Crippen LogP contribution in [0.1, 0.15) is 11.5 Å². The molecule has 0 amide bonds. The van der Waals surface area contributed by atoms with Crippen molar-refractivity contribution in [1.82, 2.24) is 14.9 Å². The van der Waals surface area contributed by atoms with Gasteiger partial charge in [-0.3, -0.25) is 0 Å². The second-order valence-electron chi connectivity index (χ2n) is 4.38. The maximum atomic E-state index is 5.92. The van der Waals surface area contributed by atoms with Gasteiger partial charge in [0.25, 0.3) is 0 Å². The zero-order chi connectivity index (χ0) is 13.1. The molecule has 0 unspecified atom stereocenters. The molecular formula is C14H18ClN3. The van der Waals surface area contributed by atoms with Crippen LogP contribution in [-0.2, 0) is 13.5 Å². The summed E-state index contributed by atoms with van der Waals surface area (Å²) in [6.07, 6.45) is 0.932. The van der Waals surface area contributed by atoms with Gasteiger partial charge in [0.2, 0.25) is 0 Å². The summed E-state index contributed by atoms with van der Waals surface area (Å²) in [6.45, 7) is 2.98. The predicted octanol–water partition coefficient (Wildman–Crippen LogP) is 2.81. The third-order valence-corrected chi connectivity index (χ3v) is 3.33. The molecule has 0 bridgehead atoms. The van der Waals surface area contributed by atoms with Gasteiger partial charge in [-0.1, -0.05) is 23.7 Å². The van der Waals surface area contributed by atoms with E-state index in [2.05, 4.69) is 21.9 Å². The number of imidazole rings is 1. The molecule has 0 spiro atoms. The van der Waals surface area contributed by atoms with Crippen LogP contribution in [0, 0.1) is 6.92 Å². The highest BCUT2D eigenvalue weighted by Gasteiger charge is 2.12. The smallest absolute Gasteiger partial charge is 0.110 e. The number of benzene rings is 1. The topological polar surface area (TPSA) is 29.9 Å². The van der Waals surface area contributed by atoms with E-state index in [1.807, 2.05) is 38.2 Å². The lowest BCUT2D eigenvalue weighted by atomic mass is 10.1. The monoisotopic (exact) mass is 263 g/mol. The molecule has 0 aliphatic carbocycles. The largest absolute Gasteiger partial charge is 0.331 e. The van der Waals surface area contributed by atoms with Gasteiger partial charge in [0, 0.05) is 30.6 Å². The summed E-state index contributed by atoms with van der Waals surface area (Å²) in [7, 11) is 4.02. The third-order valence-electron chi connectivity index (χ3n) is 3.08. The zero-order valence-corrected chi connectivity index (χ0v) is 11.8. The third kappa shape index (κ3) is 2.57. The van der Waals surface area contributed by atoms with E-state index in [1.54, 1.807) is 0 Å². The molecule has 4 heteroatoms. The van der Waals surface area contributed by atoms with Gasteiger partial charge in [0.15, 0.2) is 0 Å². The van der Waals surface area contributed by atoms with E-state index in [9.17, 15) is 0 Å². The van der Waals surface area contributed by atoms with Crippen LogP contribution >= 0.6 is 11.6 Å². The number of likely N-dealkylation sites (N-methyl/N-ethyl adjacent to an activating group) is 1. The molecule has 1 heterocycles. The van der Waals surface area contributed by atoms with E-state index in [0.29, 0.717) is 0 Å². The lowest BCUT2D eigenvalue weighted by molar-refractivity contribution is 0.720. The van der Waals surface area contributed by atoms with Gasteiger partial charge < -0.3 is 9.88 Å². The summed E-state index contributed by atoms with van der Waals surface area (Å²) in [5, 5.41) is 3.91. The van der Waals surface area contributed by atoms with Gasteiger partial charge in [-0.2, -0.15) is 0 Å². The van der Waals surface area contributed by atoms with Crippen LogP contribution in [0.2, 0.25) is 5.02 Å². The molecule has 18 heavy (non-hydrogen) atoms. The molecule has 0 saturated heterocycles. The second kappa shape index (κ2) is 5.55. The van der Waals surface area contributed by atoms with Gasteiger partial charge in [-0.15, -0.1) is 0 Å². The molecular weight excluding hydrogens is 246 g/mol. The maximum absolute atomic E-state index is 5.92. The SMILES string of the molecule is CNCCc1nc(C)c(-c2ccc(Cl)cc2)n1C. The standard InChI is InChI=1S/C14H18ClN3/c1-10-14(11-4-6-12(15)7-5-11)18(3)13(17-10)8-9-16-2/h4-7,16H,8-9H2,1-3H3. The number of nitrogens with one attached hydrogen (secondary N) is 1. The van der Waals surface area contributed by atoms with Gasteiger partial charge in [-0.05, 0) is 26.1 Å². The Bertz CT molecular complexity index is 529. The van der Waals surface area contributed by atoms with Crippen LogP contribution in [0.4, 0.5) is 0 Å². The average molecular weight is 264 g/mol. The molecule has 0 saturated carbocycles. The van der Waals surface area contributed by atoms with E-state index in [4.69, 9.17) is 11.6 Å². The molecule has 1 aromatic carbocycles. The number of rotatable bonds is 4. The molecule has 1 N–H and O–H groups in total. The fourth-order valence-corrected chi connectivity index (χ4v) is 2.29. The van der Waals surface area contributed by atoms with Crippen molar-refractivity contribution in [3.8, 4) is 11.3 Å². The molecule has 0 fully saturated rings.